The quantitative estimate of drug-likeness (QED) is 0.477. The molecule has 1 heterocycles. The molecule has 0 aliphatic rings. The molecule has 0 aromatic carbocycles. The molecule has 0 fully saturated rings. The molecule has 0 saturated carbocycles. The Bertz CT molecular complexity index is 303. The van der Waals surface area contributed by atoms with Gasteiger partial charge in [-0.15, -0.1) is 5.46 Å². The average molecular weight is 235 g/mol. The first-order valence-electron chi connectivity index (χ1n) is 3.35. The largest absolute Gasteiger partial charge is 1.00 e. The molecule has 1 nitrogen and oxygen atoms in total. The van der Waals surface area contributed by atoms with Crippen molar-refractivity contribution in [1.82, 2.24) is 4.98 Å². The first-order chi connectivity index (χ1) is 5.91. The van der Waals surface area contributed by atoms with Crippen molar-refractivity contribution in [2.75, 3.05) is 0 Å². The van der Waals surface area contributed by atoms with E-state index in [0.717, 1.165) is 6.20 Å². The fourth-order valence-electron chi connectivity index (χ4n) is 0.788. The van der Waals surface area contributed by atoms with E-state index in [1.165, 1.54) is 0 Å². The van der Waals surface area contributed by atoms with E-state index in [0.29, 0.717) is 12.1 Å². The fraction of sp³-hybridized carbons (Fsp3) is 0.167. The van der Waals surface area contributed by atoms with Crippen molar-refractivity contribution in [3.63, 3.8) is 0 Å². The molecule has 0 saturated heterocycles. The third-order valence-corrected chi connectivity index (χ3v) is 1.41. The topological polar surface area (TPSA) is 12.9 Å². The van der Waals surface area contributed by atoms with Gasteiger partial charge in [-0.1, -0.05) is 12.1 Å². The van der Waals surface area contributed by atoms with E-state index in [2.05, 4.69) is 4.98 Å². The summed E-state index contributed by atoms with van der Waals surface area (Å²) in [6, 6.07) is 1.04. The van der Waals surface area contributed by atoms with Gasteiger partial charge in [0.05, 0.1) is 0 Å². The molecule has 1 rings (SSSR count). The van der Waals surface area contributed by atoms with E-state index in [9.17, 15) is 21.7 Å². The van der Waals surface area contributed by atoms with Gasteiger partial charge in [-0.25, -0.2) is 8.78 Å². The SMILES string of the molecule is FC(F)c1cc([B-](F)(F)F)ccn1.[K+]. The molecule has 0 N–H and O–H groups in total. The molecule has 0 unspecified atom stereocenters. The van der Waals surface area contributed by atoms with Gasteiger partial charge in [-0.2, -0.15) is 0 Å². The van der Waals surface area contributed by atoms with Crippen LogP contribution < -0.4 is 56.8 Å². The molecule has 1 aromatic heterocycles. The first kappa shape index (κ1) is 14.5. The van der Waals surface area contributed by atoms with E-state index in [-0.39, 0.29) is 51.4 Å². The van der Waals surface area contributed by atoms with Crippen molar-refractivity contribution in [1.29, 1.82) is 0 Å². The van der Waals surface area contributed by atoms with Crippen LogP contribution in [-0.4, -0.2) is 12.0 Å². The van der Waals surface area contributed by atoms with Crippen LogP contribution in [0.4, 0.5) is 21.7 Å². The van der Waals surface area contributed by atoms with Crippen LogP contribution >= 0.6 is 0 Å². The van der Waals surface area contributed by atoms with Crippen LogP contribution in [0.1, 0.15) is 12.1 Å². The molecule has 0 spiro atoms. The van der Waals surface area contributed by atoms with E-state index in [1.807, 2.05) is 0 Å². The molecule has 1 aromatic rings. The van der Waals surface area contributed by atoms with Crippen molar-refractivity contribution >= 4 is 12.4 Å². The smallest absolute Gasteiger partial charge is 0.445 e. The number of halogens is 5. The molecular formula is C6H4BF5KN. The van der Waals surface area contributed by atoms with Crippen LogP contribution in [0.3, 0.4) is 0 Å². The van der Waals surface area contributed by atoms with Gasteiger partial charge in [-0.3, -0.25) is 4.98 Å². The minimum absolute atomic E-state index is 0. The summed E-state index contributed by atoms with van der Waals surface area (Å²) in [5.41, 5.74) is -1.90. The summed E-state index contributed by atoms with van der Waals surface area (Å²) >= 11 is 0. The molecule has 8 heteroatoms. The predicted molar refractivity (Wildman–Crippen MR) is 37.9 cm³/mol. The van der Waals surface area contributed by atoms with Gasteiger partial charge in [0.2, 0.25) is 0 Å². The maximum atomic E-state index is 12.0. The van der Waals surface area contributed by atoms with Crippen LogP contribution in [0, 0.1) is 0 Å². The summed E-state index contributed by atoms with van der Waals surface area (Å²) in [4.78, 5) is 3.11. The van der Waals surface area contributed by atoms with E-state index >= 15 is 0 Å². The Morgan fingerprint density at radius 3 is 2.21 bits per heavy atom. The van der Waals surface area contributed by atoms with Crippen molar-refractivity contribution in [3.05, 3.63) is 24.0 Å². The second kappa shape index (κ2) is 5.55. The Labute approximate surface area is 120 Å². The number of rotatable bonds is 2. The van der Waals surface area contributed by atoms with Crippen LogP contribution in [0.25, 0.3) is 0 Å². The molecule has 14 heavy (non-hydrogen) atoms. The summed E-state index contributed by atoms with van der Waals surface area (Å²) in [6.45, 7) is -5.23. The average Bonchev–Trinajstić information content (AvgIpc) is 2.03. The Balaban J connectivity index is 0.00000169. The van der Waals surface area contributed by atoms with Crippen molar-refractivity contribution in [2.24, 2.45) is 0 Å². The maximum Gasteiger partial charge on any atom is 1.00 e. The van der Waals surface area contributed by atoms with Gasteiger partial charge < -0.3 is 12.9 Å². The van der Waals surface area contributed by atoms with Crippen molar-refractivity contribution in [3.8, 4) is 0 Å². The minimum Gasteiger partial charge on any atom is -0.445 e. The fourth-order valence-corrected chi connectivity index (χ4v) is 0.788. The van der Waals surface area contributed by atoms with Gasteiger partial charge in [0.15, 0.2) is 0 Å². The molecule has 0 aliphatic heterocycles. The zero-order valence-corrected chi connectivity index (χ0v) is 10.3. The normalized spacial score (nSPS) is 11.3. The number of pyridine rings is 1. The van der Waals surface area contributed by atoms with E-state index < -0.39 is 24.6 Å². The maximum absolute atomic E-state index is 12.0. The second-order valence-electron chi connectivity index (χ2n) is 2.39. The van der Waals surface area contributed by atoms with Gasteiger partial charge in [-0.05, 0) is 0 Å². The standard InChI is InChI=1S/C6H4BF5N.K/c8-6(9)5-3-4(1-2-13-5)7(10,11)12;/h1-3,6H;/q-1;+1. The summed E-state index contributed by atoms with van der Waals surface area (Å²) in [6.07, 6.45) is -2.25. The second-order valence-corrected chi connectivity index (χ2v) is 2.39. The van der Waals surface area contributed by atoms with Gasteiger partial charge in [0.1, 0.15) is 5.69 Å². The van der Waals surface area contributed by atoms with Gasteiger partial charge >= 0.3 is 58.4 Å². The number of aromatic nitrogens is 1. The van der Waals surface area contributed by atoms with Crippen LogP contribution in [-0.2, 0) is 0 Å². The van der Waals surface area contributed by atoms with Gasteiger partial charge in [0.25, 0.3) is 6.43 Å². The number of hydrogen-bond donors (Lipinski definition) is 0. The van der Waals surface area contributed by atoms with Crippen molar-refractivity contribution in [2.45, 2.75) is 6.43 Å². The minimum atomic E-state index is -5.23. The first-order valence-corrected chi connectivity index (χ1v) is 3.35. The summed E-state index contributed by atoms with van der Waals surface area (Å²) in [5, 5.41) is 0. The molecule has 0 amide bonds. The van der Waals surface area contributed by atoms with Gasteiger partial charge in [0, 0.05) is 6.20 Å². The monoisotopic (exact) mass is 235 g/mol. The molecule has 0 aliphatic carbocycles. The molecule has 0 radical (unpaired) electrons. The number of nitrogens with zero attached hydrogens (tertiary/aromatic N) is 1. The zero-order chi connectivity index (χ0) is 10.1. The molecule has 72 valence electrons. The van der Waals surface area contributed by atoms with E-state index in [1.54, 1.807) is 0 Å². The van der Waals surface area contributed by atoms with Crippen LogP contribution in [0.15, 0.2) is 18.3 Å². The molecular weight excluding hydrogens is 231 g/mol. The van der Waals surface area contributed by atoms with E-state index in [4.69, 9.17) is 0 Å². The summed E-state index contributed by atoms with van der Waals surface area (Å²) in [5.74, 6) is 0. The predicted octanol–water partition coefficient (Wildman–Crippen LogP) is -0.922. The Morgan fingerprint density at radius 1 is 1.21 bits per heavy atom. The zero-order valence-electron chi connectivity index (χ0n) is 7.22. The summed E-state index contributed by atoms with van der Waals surface area (Å²) < 4.78 is 59.9. The number of hydrogen-bond acceptors (Lipinski definition) is 1. The molecule has 0 atom stereocenters. The third-order valence-electron chi connectivity index (χ3n) is 1.41. The van der Waals surface area contributed by atoms with Crippen LogP contribution in [0.5, 0.6) is 0 Å². The Kier molecular flexibility index (Phi) is 5.75. The third kappa shape index (κ3) is 3.93. The Morgan fingerprint density at radius 2 is 1.79 bits per heavy atom. The Hall–Kier alpha value is 0.501. The van der Waals surface area contributed by atoms with Crippen LogP contribution in [0.2, 0.25) is 0 Å². The summed E-state index contributed by atoms with van der Waals surface area (Å²) in [7, 11) is 0. The number of alkyl halides is 2. The van der Waals surface area contributed by atoms with Crippen molar-refractivity contribution < 1.29 is 73.1 Å². The molecule has 0 bridgehead atoms.